The van der Waals surface area contributed by atoms with Crippen molar-refractivity contribution >= 4 is 5.97 Å². The Morgan fingerprint density at radius 1 is 1.15 bits per heavy atom. The SMILES string of the molecule is Cc1cc(C)c(-c2ncncc2CCC(=O)O)cc1C. The van der Waals surface area contributed by atoms with Gasteiger partial charge in [-0.05, 0) is 55.5 Å². The predicted molar refractivity (Wildman–Crippen MR) is 77.6 cm³/mol. The Kier molecular flexibility index (Phi) is 4.13. The van der Waals surface area contributed by atoms with Crippen LogP contribution >= 0.6 is 0 Å². The summed E-state index contributed by atoms with van der Waals surface area (Å²) in [5.74, 6) is -0.809. The zero-order chi connectivity index (χ0) is 14.7. The number of hydrogen-bond acceptors (Lipinski definition) is 3. The van der Waals surface area contributed by atoms with Gasteiger partial charge in [-0.1, -0.05) is 6.07 Å². The van der Waals surface area contributed by atoms with Crippen LogP contribution in [0.5, 0.6) is 0 Å². The van der Waals surface area contributed by atoms with Gasteiger partial charge in [-0.15, -0.1) is 0 Å². The molecular weight excluding hydrogens is 252 g/mol. The Morgan fingerprint density at radius 2 is 1.85 bits per heavy atom. The fourth-order valence-electron chi connectivity index (χ4n) is 2.24. The number of nitrogens with zero attached hydrogens (tertiary/aromatic N) is 2. The molecule has 4 nitrogen and oxygen atoms in total. The lowest BCUT2D eigenvalue weighted by atomic mass is 9.95. The van der Waals surface area contributed by atoms with Crippen LogP contribution in [0.15, 0.2) is 24.7 Å². The molecule has 0 aliphatic carbocycles. The first-order valence-electron chi connectivity index (χ1n) is 6.58. The summed E-state index contributed by atoms with van der Waals surface area (Å²) in [5.41, 5.74) is 6.35. The fraction of sp³-hybridized carbons (Fsp3) is 0.312. The third kappa shape index (κ3) is 3.02. The van der Waals surface area contributed by atoms with Gasteiger partial charge >= 0.3 is 5.97 Å². The highest BCUT2D eigenvalue weighted by Crippen LogP contribution is 2.27. The van der Waals surface area contributed by atoms with Crippen LogP contribution in [0.4, 0.5) is 0 Å². The third-order valence-electron chi connectivity index (χ3n) is 3.49. The molecule has 20 heavy (non-hydrogen) atoms. The fourth-order valence-corrected chi connectivity index (χ4v) is 2.24. The van der Waals surface area contributed by atoms with Crippen molar-refractivity contribution in [1.82, 2.24) is 9.97 Å². The molecule has 0 fully saturated rings. The molecule has 0 spiro atoms. The van der Waals surface area contributed by atoms with E-state index in [1.165, 1.54) is 17.5 Å². The summed E-state index contributed by atoms with van der Waals surface area (Å²) in [6.45, 7) is 6.19. The molecule has 0 saturated heterocycles. The molecule has 0 aliphatic rings. The molecule has 2 rings (SSSR count). The molecule has 104 valence electrons. The van der Waals surface area contributed by atoms with E-state index in [4.69, 9.17) is 5.11 Å². The maximum atomic E-state index is 10.7. The van der Waals surface area contributed by atoms with Gasteiger partial charge in [0.1, 0.15) is 6.33 Å². The number of rotatable bonds is 4. The number of benzene rings is 1. The van der Waals surface area contributed by atoms with Gasteiger partial charge in [0.25, 0.3) is 0 Å². The molecule has 1 N–H and O–H groups in total. The highest BCUT2D eigenvalue weighted by molar-refractivity contribution is 5.70. The van der Waals surface area contributed by atoms with Crippen molar-refractivity contribution in [2.45, 2.75) is 33.6 Å². The molecule has 2 aromatic rings. The Labute approximate surface area is 118 Å². The maximum Gasteiger partial charge on any atom is 0.303 e. The smallest absolute Gasteiger partial charge is 0.303 e. The number of aliphatic carboxylic acids is 1. The second-order valence-electron chi connectivity index (χ2n) is 5.04. The zero-order valence-corrected chi connectivity index (χ0v) is 12.0. The first-order chi connectivity index (χ1) is 9.49. The minimum Gasteiger partial charge on any atom is -0.481 e. The predicted octanol–water partition coefficient (Wildman–Crippen LogP) is 3.09. The molecule has 0 atom stereocenters. The van der Waals surface area contributed by atoms with Crippen molar-refractivity contribution in [2.24, 2.45) is 0 Å². The van der Waals surface area contributed by atoms with Crippen LogP contribution in [0.1, 0.15) is 28.7 Å². The van der Waals surface area contributed by atoms with Crippen molar-refractivity contribution in [1.29, 1.82) is 0 Å². The molecule has 1 aromatic heterocycles. The van der Waals surface area contributed by atoms with E-state index < -0.39 is 5.97 Å². The minimum atomic E-state index is -0.809. The quantitative estimate of drug-likeness (QED) is 0.927. The maximum absolute atomic E-state index is 10.7. The normalized spacial score (nSPS) is 10.6. The second kappa shape index (κ2) is 5.82. The van der Waals surface area contributed by atoms with Crippen molar-refractivity contribution < 1.29 is 9.90 Å². The first kappa shape index (κ1) is 14.2. The van der Waals surface area contributed by atoms with Gasteiger partial charge in [0.15, 0.2) is 0 Å². The summed E-state index contributed by atoms with van der Waals surface area (Å²) in [6, 6.07) is 4.24. The molecule has 0 radical (unpaired) electrons. The Balaban J connectivity index is 2.47. The van der Waals surface area contributed by atoms with E-state index >= 15 is 0 Å². The molecule has 1 aromatic carbocycles. The third-order valence-corrected chi connectivity index (χ3v) is 3.49. The summed E-state index contributed by atoms with van der Waals surface area (Å²) >= 11 is 0. The number of hydrogen-bond donors (Lipinski definition) is 1. The van der Waals surface area contributed by atoms with E-state index in [9.17, 15) is 4.79 Å². The Bertz CT molecular complexity index is 651. The van der Waals surface area contributed by atoms with Gasteiger partial charge < -0.3 is 5.11 Å². The molecule has 4 heteroatoms. The van der Waals surface area contributed by atoms with E-state index in [0.29, 0.717) is 6.42 Å². The van der Waals surface area contributed by atoms with Gasteiger partial charge in [-0.25, -0.2) is 9.97 Å². The summed E-state index contributed by atoms with van der Waals surface area (Å²) in [6.07, 6.45) is 3.75. The topological polar surface area (TPSA) is 63.1 Å². The molecule has 0 saturated carbocycles. The highest BCUT2D eigenvalue weighted by atomic mass is 16.4. The van der Waals surface area contributed by atoms with Gasteiger partial charge in [-0.2, -0.15) is 0 Å². The summed E-state index contributed by atoms with van der Waals surface area (Å²) in [7, 11) is 0. The van der Waals surface area contributed by atoms with Crippen molar-refractivity contribution in [3.05, 3.63) is 46.9 Å². The average molecular weight is 270 g/mol. The standard InChI is InChI=1S/C16H18N2O2/c1-10-6-12(3)14(7-11(10)2)16-13(4-5-15(19)20)8-17-9-18-16/h6-9H,4-5H2,1-3H3,(H,19,20). The molecule has 0 bridgehead atoms. The minimum absolute atomic E-state index is 0.0876. The molecule has 1 heterocycles. The molecule has 0 unspecified atom stereocenters. The number of aromatic nitrogens is 2. The summed E-state index contributed by atoms with van der Waals surface area (Å²) in [4.78, 5) is 19.1. The lowest BCUT2D eigenvalue weighted by Gasteiger charge is -2.12. The number of carbonyl (C=O) groups is 1. The van der Waals surface area contributed by atoms with E-state index in [2.05, 4.69) is 35.9 Å². The zero-order valence-electron chi connectivity index (χ0n) is 12.0. The summed E-state index contributed by atoms with van der Waals surface area (Å²) < 4.78 is 0. The first-order valence-corrected chi connectivity index (χ1v) is 6.58. The van der Waals surface area contributed by atoms with E-state index in [1.54, 1.807) is 6.20 Å². The van der Waals surface area contributed by atoms with Crippen LogP contribution < -0.4 is 0 Å². The molecule has 0 amide bonds. The van der Waals surface area contributed by atoms with Crippen LogP contribution in [0.25, 0.3) is 11.3 Å². The van der Waals surface area contributed by atoms with Crippen LogP contribution in [0, 0.1) is 20.8 Å². The Hall–Kier alpha value is -2.23. The van der Waals surface area contributed by atoms with Gasteiger partial charge in [0.05, 0.1) is 5.69 Å². The average Bonchev–Trinajstić information content (AvgIpc) is 2.41. The van der Waals surface area contributed by atoms with Crippen LogP contribution in [-0.2, 0) is 11.2 Å². The van der Waals surface area contributed by atoms with E-state index in [0.717, 1.165) is 22.4 Å². The van der Waals surface area contributed by atoms with Gasteiger partial charge in [-0.3, -0.25) is 4.79 Å². The monoisotopic (exact) mass is 270 g/mol. The second-order valence-corrected chi connectivity index (χ2v) is 5.04. The van der Waals surface area contributed by atoms with Crippen LogP contribution in [-0.4, -0.2) is 21.0 Å². The molecule has 0 aliphatic heterocycles. The van der Waals surface area contributed by atoms with Crippen molar-refractivity contribution in [3.63, 3.8) is 0 Å². The van der Waals surface area contributed by atoms with Crippen LogP contribution in [0.2, 0.25) is 0 Å². The Morgan fingerprint density at radius 3 is 2.55 bits per heavy atom. The highest BCUT2D eigenvalue weighted by Gasteiger charge is 2.12. The number of carboxylic acid groups (broad SMARTS) is 1. The van der Waals surface area contributed by atoms with Gasteiger partial charge in [0, 0.05) is 18.2 Å². The largest absolute Gasteiger partial charge is 0.481 e. The van der Waals surface area contributed by atoms with Crippen molar-refractivity contribution in [3.8, 4) is 11.3 Å². The van der Waals surface area contributed by atoms with Crippen LogP contribution in [0.3, 0.4) is 0 Å². The van der Waals surface area contributed by atoms with E-state index in [-0.39, 0.29) is 6.42 Å². The number of aryl methyl sites for hydroxylation is 4. The molecular formula is C16H18N2O2. The van der Waals surface area contributed by atoms with E-state index in [1.807, 2.05) is 6.92 Å². The van der Waals surface area contributed by atoms with Crippen molar-refractivity contribution in [2.75, 3.05) is 0 Å². The lowest BCUT2D eigenvalue weighted by molar-refractivity contribution is -0.136. The lowest BCUT2D eigenvalue weighted by Crippen LogP contribution is -2.02. The summed E-state index contributed by atoms with van der Waals surface area (Å²) in [5, 5.41) is 8.83. The van der Waals surface area contributed by atoms with Gasteiger partial charge in [0.2, 0.25) is 0 Å². The number of carboxylic acids is 1.